The van der Waals surface area contributed by atoms with Gasteiger partial charge in [0.2, 0.25) is 5.91 Å². The van der Waals surface area contributed by atoms with Gasteiger partial charge in [-0.1, -0.05) is 21.1 Å². The van der Waals surface area contributed by atoms with Crippen molar-refractivity contribution in [2.24, 2.45) is 0 Å². The van der Waals surface area contributed by atoms with Gasteiger partial charge in [0.25, 0.3) is 5.71 Å². The van der Waals surface area contributed by atoms with Crippen molar-refractivity contribution in [1.82, 2.24) is 10.1 Å². The number of rotatable bonds is 2. The van der Waals surface area contributed by atoms with Gasteiger partial charge in [0.15, 0.2) is 5.82 Å². The van der Waals surface area contributed by atoms with E-state index >= 15 is 0 Å². The molecule has 2 aromatic rings. The Morgan fingerprint density at radius 2 is 2.47 bits per heavy atom. The third kappa shape index (κ3) is 1.99. The highest BCUT2D eigenvalue weighted by atomic mass is 79.9. The first-order chi connectivity index (χ1) is 7.18. The van der Waals surface area contributed by atoms with Crippen molar-refractivity contribution in [2.75, 3.05) is 5.32 Å². The molecule has 0 bridgehead atoms. The van der Waals surface area contributed by atoms with Crippen molar-refractivity contribution in [2.45, 2.75) is 11.8 Å². The maximum absolute atomic E-state index is 11.4. The van der Waals surface area contributed by atoms with E-state index in [1.54, 1.807) is 25.3 Å². The van der Waals surface area contributed by atoms with Crippen molar-refractivity contribution in [3.05, 3.63) is 18.3 Å². The molecular formula is C9H8BrN3O2. The fourth-order valence-electron chi connectivity index (χ4n) is 1.09. The molecule has 1 amide bonds. The van der Waals surface area contributed by atoms with E-state index in [1.165, 1.54) is 0 Å². The van der Waals surface area contributed by atoms with E-state index in [1.807, 2.05) is 0 Å². The van der Waals surface area contributed by atoms with Crippen LogP contribution in [0.5, 0.6) is 0 Å². The van der Waals surface area contributed by atoms with E-state index in [0.29, 0.717) is 16.9 Å². The first-order valence-corrected chi connectivity index (χ1v) is 5.25. The number of halogens is 1. The van der Waals surface area contributed by atoms with Gasteiger partial charge in [0, 0.05) is 6.20 Å². The van der Waals surface area contributed by atoms with Crippen LogP contribution in [0, 0.1) is 0 Å². The molecule has 5 nitrogen and oxygen atoms in total. The van der Waals surface area contributed by atoms with Crippen LogP contribution in [0.1, 0.15) is 6.92 Å². The van der Waals surface area contributed by atoms with Crippen molar-refractivity contribution in [3.8, 4) is 0 Å². The Kier molecular flexibility index (Phi) is 2.68. The number of aromatic nitrogens is 2. The molecule has 0 aromatic carbocycles. The molecule has 0 aliphatic carbocycles. The molecule has 0 saturated heterocycles. The molecule has 2 rings (SSSR count). The Morgan fingerprint density at radius 3 is 3.20 bits per heavy atom. The topological polar surface area (TPSA) is 68.0 Å². The normalized spacial score (nSPS) is 12.7. The van der Waals surface area contributed by atoms with Crippen molar-refractivity contribution >= 4 is 38.8 Å². The van der Waals surface area contributed by atoms with E-state index < -0.39 is 0 Å². The van der Waals surface area contributed by atoms with Crippen LogP contribution >= 0.6 is 15.9 Å². The van der Waals surface area contributed by atoms with E-state index in [0.717, 1.165) is 0 Å². The van der Waals surface area contributed by atoms with Gasteiger partial charge in [-0.3, -0.25) is 4.79 Å². The van der Waals surface area contributed by atoms with E-state index in [4.69, 9.17) is 4.52 Å². The zero-order chi connectivity index (χ0) is 10.8. The summed E-state index contributed by atoms with van der Waals surface area (Å²) in [5.41, 5.74) is 0.412. The number of carbonyl (C=O) groups is 1. The maximum Gasteiger partial charge on any atom is 0.259 e. The number of hydrogen-bond donors (Lipinski definition) is 1. The number of alkyl halides is 1. The monoisotopic (exact) mass is 269 g/mol. The van der Waals surface area contributed by atoms with Crippen LogP contribution in [-0.4, -0.2) is 20.9 Å². The first-order valence-electron chi connectivity index (χ1n) is 4.34. The SMILES string of the molecule is CC(Br)C(=O)Nc1noc2ncccc12. The highest BCUT2D eigenvalue weighted by Gasteiger charge is 2.14. The zero-order valence-corrected chi connectivity index (χ0v) is 9.48. The lowest BCUT2D eigenvalue weighted by molar-refractivity contribution is -0.115. The molecule has 6 heteroatoms. The average molecular weight is 270 g/mol. The third-order valence-electron chi connectivity index (χ3n) is 1.85. The summed E-state index contributed by atoms with van der Waals surface area (Å²) in [5.74, 6) is 0.225. The zero-order valence-electron chi connectivity index (χ0n) is 7.90. The van der Waals surface area contributed by atoms with Gasteiger partial charge in [-0.15, -0.1) is 0 Å². The second-order valence-electron chi connectivity index (χ2n) is 2.99. The summed E-state index contributed by atoms with van der Waals surface area (Å²) in [6, 6.07) is 3.54. The molecule has 0 aliphatic heterocycles. The van der Waals surface area contributed by atoms with Crippen LogP contribution in [-0.2, 0) is 4.79 Å². The molecule has 1 N–H and O–H groups in total. The number of carbonyl (C=O) groups excluding carboxylic acids is 1. The lowest BCUT2D eigenvalue weighted by atomic mass is 10.3. The van der Waals surface area contributed by atoms with Crippen LogP contribution in [0.2, 0.25) is 0 Å². The Hall–Kier alpha value is -1.43. The van der Waals surface area contributed by atoms with E-state index in [2.05, 4.69) is 31.4 Å². The number of pyridine rings is 1. The number of anilines is 1. The lowest BCUT2D eigenvalue weighted by Gasteiger charge is -2.02. The van der Waals surface area contributed by atoms with Crippen molar-refractivity contribution < 1.29 is 9.32 Å². The number of hydrogen-bond acceptors (Lipinski definition) is 4. The number of amides is 1. The number of fused-ring (bicyclic) bond motifs is 1. The maximum atomic E-state index is 11.4. The Morgan fingerprint density at radius 1 is 1.67 bits per heavy atom. The molecule has 0 saturated carbocycles. The molecule has 15 heavy (non-hydrogen) atoms. The molecule has 78 valence electrons. The number of nitrogens with one attached hydrogen (secondary N) is 1. The summed E-state index contributed by atoms with van der Waals surface area (Å²) >= 11 is 3.16. The highest BCUT2D eigenvalue weighted by molar-refractivity contribution is 9.10. The van der Waals surface area contributed by atoms with Gasteiger partial charge in [-0.2, -0.15) is 0 Å². The molecular weight excluding hydrogens is 262 g/mol. The molecule has 2 aromatic heterocycles. The van der Waals surface area contributed by atoms with Crippen molar-refractivity contribution in [3.63, 3.8) is 0 Å². The summed E-state index contributed by atoms with van der Waals surface area (Å²) in [7, 11) is 0. The van der Waals surface area contributed by atoms with Gasteiger partial charge >= 0.3 is 0 Å². The second-order valence-corrected chi connectivity index (χ2v) is 4.37. The molecule has 0 fully saturated rings. The fraction of sp³-hybridized carbons (Fsp3) is 0.222. The Labute approximate surface area is 94.0 Å². The largest absolute Gasteiger partial charge is 0.334 e. The summed E-state index contributed by atoms with van der Waals surface area (Å²) in [5, 5.41) is 7.05. The van der Waals surface area contributed by atoms with Crippen LogP contribution in [0.15, 0.2) is 22.9 Å². The molecule has 0 aliphatic rings. The van der Waals surface area contributed by atoms with Gasteiger partial charge in [-0.05, 0) is 19.1 Å². The quantitative estimate of drug-likeness (QED) is 0.847. The summed E-state index contributed by atoms with van der Waals surface area (Å²) in [4.78, 5) is 15.1. The average Bonchev–Trinajstić information content (AvgIpc) is 2.62. The standard InChI is InChI=1S/C9H8BrN3O2/c1-5(10)8(14)12-7-6-3-2-4-11-9(6)15-13-7/h2-5H,1H3,(H,12,13,14). The van der Waals surface area contributed by atoms with Gasteiger partial charge in [0.1, 0.15) is 0 Å². The van der Waals surface area contributed by atoms with Crippen LogP contribution in [0.3, 0.4) is 0 Å². The molecule has 2 heterocycles. The Bertz CT molecular complexity index is 495. The molecule has 0 spiro atoms. The minimum absolute atomic E-state index is 0.172. The first kappa shape index (κ1) is 10.1. The van der Waals surface area contributed by atoms with Crippen LogP contribution < -0.4 is 5.32 Å². The smallest absolute Gasteiger partial charge is 0.259 e. The van der Waals surface area contributed by atoms with Gasteiger partial charge in [-0.25, -0.2) is 4.98 Å². The minimum Gasteiger partial charge on any atom is -0.334 e. The van der Waals surface area contributed by atoms with E-state index in [-0.39, 0.29) is 10.7 Å². The molecule has 1 atom stereocenters. The predicted molar refractivity (Wildman–Crippen MR) is 58.8 cm³/mol. The van der Waals surface area contributed by atoms with Crippen LogP contribution in [0.4, 0.5) is 5.82 Å². The van der Waals surface area contributed by atoms with Crippen molar-refractivity contribution in [1.29, 1.82) is 0 Å². The van der Waals surface area contributed by atoms with E-state index in [9.17, 15) is 4.79 Å². The van der Waals surface area contributed by atoms with Gasteiger partial charge in [0.05, 0.1) is 10.2 Å². The second kappa shape index (κ2) is 3.98. The highest BCUT2D eigenvalue weighted by Crippen LogP contribution is 2.20. The minimum atomic E-state index is -0.277. The summed E-state index contributed by atoms with van der Waals surface area (Å²) < 4.78 is 4.94. The Balaban J connectivity index is 2.33. The molecule has 1 unspecified atom stereocenters. The lowest BCUT2D eigenvalue weighted by Crippen LogP contribution is -2.20. The summed E-state index contributed by atoms with van der Waals surface area (Å²) in [6.07, 6.45) is 1.60. The third-order valence-corrected chi connectivity index (χ3v) is 2.27. The summed E-state index contributed by atoms with van der Waals surface area (Å²) in [6.45, 7) is 1.73. The molecule has 0 radical (unpaired) electrons. The fourth-order valence-corrected chi connectivity index (χ4v) is 1.20. The number of nitrogens with zero attached hydrogens (tertiary/aromatic N) is 2. The predicted octanol–water partition coefficient (Wildman–Crippen LogP) is 1.94. The van der Waals surface area contributed by atoms with Gasteiger partial charge < -0.3 is 9.84 Å². The van der Waals surface area contributed by atoms with Crippen LogP contribution in [0.25, 0.3) is 11.1 Å².